The molecular formula is C76H132N8. The van der Waals surface area contributed by atoms with E-state index in [0.29, 0.717) is 38.0 Å². The maximum absolute atomic E-state index is 3.12. The van der Waals surface area contributed by atoms with Crippen molar-refractivity contribution in [2.75, 3.05) is 105 Å². The molecule has 0 radical (unpaired) electrons. The summed E-state index contributed by atoms with van der Waals surface area (Å²) in [7, 11) is 0. The summed E-state index contributed by atoms with van der Waals surface area (Å²) in [6, 6.07) is 4.09. The van der Waals surface area contributed by atoms with Crippen molar-refractivity contribution in [3.8, 4) is 0 Å². The Morgan fingerprint density at radius 1 is 0.417 bits per heavy atom. The average Bonchev–Trinajstić information content (AvgIpc) is 0.849. The summed E-state index contributed by atoms with van der Waals surface area (Å²) in [4.78, 5) is 23.8. The van der Waals surface area contributed by atoms with E-state index in [9.17, 15) is 0 Å². The van der Waals surface area contributed by atoms with Gasteiger partial charge >= 0.3 is 0 Å². The molecule has 0 aromatic carbocycles. The molecule has 24 aliphatic rings. The van der Waals surface area contributed by atoms with Crippen molar-refractivity contribution >= 4 is 0 Å². The van der Waals surface area contributed by atoms with Crippen LogP contribution >= 0.6 is 0 Å². The molecule has 8 heteroatoms. The molecule has 24 rings (SSSR count). The molecule has 18 aliphatic heterocycles. The molecule has 0 amide bonds. The van der Waals surface area contributed by atoms with Gasteiger partial charge in [0, 0.05) is 138 Å². The van der Waals surface area contributed by atoms with E-state index in [4.69, 9.17) is 0 Å². The molecule has 8 nitrogen and oxygen atoms in total. The second kappa shape index (κ2) is 20.1. The first-order valence-electron chi connectivity index (χ1n) is 37.4. The zero-order valence-corrected chi connectivity index (χ0v) is 57.7. The molecule has 0 aromatic rings. The first-order valence-corrected chi connectivity index (χ1v) is 37.4. The minimum atomic E-state index is 0.188. The van der Waals surface area contributed by atoms with Gasteiger partial charge in [-0.15, -0.1) is 0 Å². The maximum Gasteiger partial charge on any atom is 0.0332 e. The second-order valence-corrected chi connectivity index (χ2v) is 39.8. The number of hydrogen-bond acceptors (Lipinski definition) is 8. The highest BCUT2D eigenvalue weighted by atomic mass is 15.3. The van der Waals surface area contributed by atoms with Crippen molar-refractivity contribution in [3.63, 3.8) is 0 Å². The predicted molar refractivity (Wildman–Crippen MR) is 349 cm³/mol. The summed E-state index contributed by atoms with van der Waals surface area (Å²) >= 11 is 0. The average molecular weight is 1160 g/mol. The van der Waals surface area contributed by atoms with Crippen molar-refractivity contribution in [3.05, 3.63) is 0 Å². The molecule has 476 valence electrons. The largest absolute Gasteiger partial charge is 0.300 e. The molecule has 0 N–H and O–H groups in total. The van der Waals surface area contributed by atoms with E-state index in [-0.39, 0.29) is 21.9 Å². The molecule has 24 fully saturated rings. The van der Waals surface area contributed by atoms with E-state index in [1.54, 1.807) is 0 Å². The van der Waals surface area contributed by atoms with Crippen molar-refractivity contribution < 1.29 is 0 Å². The molecule has 18 heterocycles. The highest BCUT2D eigenvalue weighted by Gasteiger charge is 2.69. The van der Waals surface area contributed by atoms with Gasteiger partial charge in [0.05, 0.1) is 0 Å². The molecule has 6 atom stereocenters. The smallest absolute Gasteiger partial charge is 0.0332 e. The zero-order chi connectivity index (χ0) is 58.8. The summed E-state index contributed by atoms with van der Waals surface area (Å²) in [6.07, 6.45) is 30.9. The third kappa shape index (κ3) is 9.33. The van der Waals surface area contributed by atoms with Crippen LogP contribution in [0, 0.1) is 90.7 Å². The monoisotopic (exact) mass is 1160 g/mol. The number of nitrogens with zero attached hydrogens (tertiary/aromatic N) is 8. The van der Waals surface area contributed by atoms with Gasteiger partial charge in [0.15, 0.2) is 0 Å². The number of likely N-dealkylation sites (tertiary alicyclic amines) is 4. The SMILES string of the molecule is CC(C)N1CC2(CCC(N3CC4(CCC(C(C)(C)C5(C)C6CN(C6)C6CCC7(CC6)CN(C7)C(C)(C)C(C)(C)N6CCC7(CC6)CC(C7)N6CC(C6)C5(C)CC(C)(C)C5CC6CN(C7CC8CN(C(C)(C)C)CC8C7)CC6C5)CC4)C3)CC2)C1. The van der Waals surface area contributed by atoms with Gasteiger partial charge in [-0.05, 0) is 301 Å². The van der Waals surface area contributed by atoms with Gasteiger partial charge in [0.25, 0.3) is 0 Å². The minimum Gasteiger partial charge on any atom is -0.300 e. The van der Waals surface area contributed by atoms with E-state index in [1.807, 2.05) is 0 Å². The lowest BCUT2D eigenvalue weighted by Gasteiger charge is -2.72. The van der Waals surface area contributed by atoms with E-state index < -0.39 is 0 Å². The van der Waals surface area contributed by atoms with E-state index in [2.05, 4.69) is 143 Å². The second-order valence-electron chi connectivity index (χ2n) is 39.8. The lowest BCUT2D eigenvalue weighted by atomic mass is 9.37. The number of hydrogen-bond donors (Lipinski definition) is 0. The number of rotatable bonds is 8. The fourth-order valence-electron chi connectivity index (χ4n) is 26.2. The van der Waals surface area contributed by atoms with E-state index >= 15 is 0 Å². The van der Waals surface area contributed by atoms with Crippen molar-refractivity contribution in [2.24, 2.45) is 90.7 Å². The maximum atomic E-state index is 3.12. The van der Waals surface area contributed by atoms with Gasteiger partial charge in [-0.2, -0.15) is 0 Å². The molecule has 4 spiro atoms. The zero-order valence-electron chi connectivity index (χ0n) is 57.7. The highest BCUT2D eigenvalue weighted by molar-refractivity contribution is 5.20. The van der Waals surface area contributed by atoms with E-state index in [1.165, 1.54) is 240 Å². The molecule has 6 saturated carbocycles. The molecule has 84 heavy (non-hydrogen) atoms. The summed E-state index contributed by atoms with van der Waals surface area (Å²) in [6.45, 7) is 62.3. The first-order chi connectivity index (χ1) is 39.5. The van der Waals surface area contributed by atoms with Crippen LogP contribution in [-0.2, 0) is 0 Å². The highest BCUT2D eigenvalue weighted by Crippen LogP contribution is 2.71. The molecule has 18 saturated heterocycles. The van der Waals surface area contributed by atoms with Crippen LogP contribution in [0.5, 0.6) is 0 Å². The Labute approximate surface area is 517 Å². The first kappa shape index (κ1) is 60.0. The van der Waals surface area contributed by atoms with Gasteiger partial charge in [-0.1, -0.05) is 41.5 Å². The van der Waals surface area contributed by atoms with Gasteiger partial charge in [0.1, 0.15) is 0 Å². The number of fused-ring (bicyclic) bond motifs is 2. The van der Waals surface area contributed by atoms with Gasteiger partial charge in [0.2, 0.25) is 0 Å². The van der Waals surface area contributed by atoms with Crippen LogP contribution in [-0.4, -0.2) is 191 Å². The Bertz CT molecular complexity index is 2350. The molecule has 6 unspecified atom stereocenters. The Morgan fingerprint density at radius 2 is 0.869 bits per heavy atom. The van der Waals surface area contributed by atoms with Crippen LogP contribution < -0.4 is 0 Å². The van der Waals surface area contributed by atoms with Crippen molar-refractivity contribution in [1.82, 2.24) is 39.2 Å². The van der Waals surface area contributed by atoms with Crippen LogP contribution in [0.4, 0.5) is 0 Å². The predicted octanol–water partition coefficient (Wildman–Crippen LogP) is 14.0. The van der Waals surface area contributed by atoms with E-state index in [0.717, 1.165) is 77.6 Å². The fourth-order valence-corrected chi connectivity index (χ4v) is 26.2. The normalized spacial score (nSPS) is 48.6. The van der Waals surface area contributed by atoms with Crippen LogP contribution in [0.1, 0.15) is 239 Å². The van der Waals surface area contributed by atoms with Gasteiger partial charge in [-0.25, -0.2) is 0 Å². The molecule has 0 aromatic heterocycles. The third-order valence-electron chi connectivity index (χ3n) is 33.8. The topological polar surface area (TPSA) is 25.9 Å². The standard InChI is InChI=1S/C76H132N8/c1-53(2)80-47-75(48-80)24-20-63(21-25-75)81-49-74(50-81)22-16-58(17-23-74)68(8,9)72(15)61-44-78(45-61)62-18-26-76(27-19-62)51-84(52-76)70(12,13)69(10,11)82-30-28-73(29-31-82)36-65(37-73)79-42-60(43-79)71(72,14)46-67(6,7)59-32-54-38-77(39-55(54)33-59)64-34-56-40-83(66(3,4)5)41-57(56)35-64/h53-65H,16-52H2,1-15H3. The summed E-state index contributed by atoms with van der Waals surface area (Å²) in [5.41, 5.74) is 4.34. The lowest BCUT2D eigenvalue weighted by molar-refractivity contribution is -0.235. The Morgan fingerprint density at radius 3 is 1.40 bits per heavy atom. The molecule has 10 bridgehead atoms. The number of piperidine rings is 1. The Balaban J connectivity index is 0.681. The summed E-state index contributed by atoms with van der Waals surface area (Å²) in [5, 5.41) is 0. The Kier molecular flexibility index (Phi) is 14.3. The minimum absolute atomic E-state index is 0.188. The van der Waals surface area contributed by atoms with Crippen LogP contribution in [0.3, 0.4) is 0 Å². The van der Waals surface area contributed by atoms with Crippen LogP contribution in [0.15, 0.2) is 0 Å². The van der Waals surface area contributed by atoms with Crippen LogP contribution in [0.2, 0.25) is 0 Å². The quantitative estimate of drug-likeness (QED) is 0.237. The van der Waals surface area contributed by atoms with Crippen molar-refractivity contribution in [1.29, 1.82) is 0 Å². The van der Waals surface area contributed by atoms with Gasteiger partial charge in [-0.3, -0.25) is 39.2 Å². The van der Waals surface area contributed by atoms with Gasteiger partial charge < -0.3 is 0 Å². The molecular weight excluding hydrogens is 1020 g/mol. The molecule has 6 aliphatic carbocycles. The fraction of sp³-hybridized carbons (Fsp3) is 1.00. The van der Waals surface area contributed by atoms with Crippen LogP contribution in [0.25, 0.3) is 0 Å². The summed E-state index contributed by atoms with van der Waals surface area (Å²) < 4.78 is 0. The lowest BCUT2D eigenvalue weighted by Crippen LogP contribution is -2.75. The van der Waals surface area contributed by atoms with Crippen molar-refractivity contribution in [2.45, 2.75) is 286 Å². The Hall–Kier alpha value is -0.320. The third-order valence-corrected chi connectivity index (χ3v) is 33.8. The summed E-state index contributed by atoms with van der Waals surface area (Å²) in [5.74, 6) is 7.04.